The fourth-order valence-corrected chi connectivity index (χ4v) is 4.92. The van der Waals surface area contributed by atoms with Gasteiger partial charge in [-0.25, -0.2) is 0 Å². The number of ketones is 1. The Bertz CT molecular complexity index is 1330. The standard InChI is InChI=1S/C32H48N8O6/c1-21(2)28(35-26(42)16-15-23-13-9-7-10-14-23)30(45)33-22(3)29(44)34-24(19-27(43)46-32(4,5)6)25(41)20-40-37-31(36-38-40)39-17-11-8-12-18-39/h7,9-10,13-14,21-22,24,28H,8,11-12,15-20H2,1-6H3,(H,33,45)(H,34,44)(H,35,42)/t22-,24?,28-/m0/s1. The van der Waals surface area contributed by atoms with Gasteiger partial charge in [0.2, 0.25) is 17.7 Å². The molecule has 1 aliphatic rings. The smallest absolute Gasteiger partial charge is 0.308 e. The van der Waals surface area contributed by atoms with Crippen molar-refractivity contribution < 1.29 is 28.7 Å². The van der Waals surface area contributed by atoms with E-state index in [1.54, 1.807) is 34.6 Å². The molecule has 0 aliphatic carbocycles. The lowest BCUT2D eigenvalue weighted by molar-refractivity contribution is -0.156. The van der Waals surface area contributed by atoms with Gasteiger partial charge in [0, 0.05) is 19.5 Å². The van der Waals surface area contributed by atoms with Crippen LogP contribution in [0.15, 0.2) is 30.3 Å². The van der Waals surface area contributed by atoms with Crippen LogP contribution < -0.4 is 20.9 Å². The zero-order chi connectivity index (χ0) is 33.9. The average molecular weight is 641 g/mol. The molecule has 46 heavy (non-hydrogen) atoms. The second-order valence-corrected chi connectivity index (χ2v) is 13.0. The van der Waals surface area contributed by atoms with E-state index in [0.717, 1.165) is 42.7 Å². The van der Waals surface area contributed by atoms with E-state index in [2.05, 4.69) is 31.4 Å². The first-order chi connectivity index (χ1) is 21.7. The number of carbonyl (C=O) groups is 5. The van der Waals surface area contributed by atoms with Gasteiger partial charge in [-0.3, -0.25) is 24.0 Å². The van der Waals surface area contributed by atoms with Crippen molar-refractivity contribution in [1.29, 1.82) is 0 Å². The number of benzene rings is 1. The third-order valence-electron chi connectivity index (χ3n) is 7.38. The molecule has 14 heteroatoms. The number of aryl methyl sites for hydroxylation is 1. The Kier molecular flexibility index (Phi) is 13.2. The Morgan fingerprint density at radius 1 is 0.913 bits per heavy atom. The van der Waals surface area contributed by atoms with Gasteiger partial charge < -0.3 is 25.6 Å². The Morgan fingerprint density at radius 2 is 1.59 bits per heavy atom. The quantitative estimate of drug-likeness (QED) is 0.243. The van der Waals surface area contributed by atoms with Crippen molar-refractivity contribution in [3.8, 4) is 0 Å². The molecule has 3 atom stereocenters. The first kappa shape index (κ1) is 36.1. The summed E-state index contributed by atoms with van der Waals surface area (Å²) in [6.45, 7) is 11.4. The molecule has 3 rings (SSSR count). The summed E-state index contributed by atoms with van der Waals surface area (Å²) in [5.74, 6) is -2.58. The topological polar surface area (TPSA) is 178 Å². The molecule has 0 radical (unpaired) electrons. The molecule has 252 valence electrons. The molecular weight excluding hydrogens is 592 g/mol. The van der Waals surface area contributed by atoms with Crippen molar-refractivity contribution >= 4 is 35.4 Å². The highest BCUT2D eigenvalue weighted by atomic mass is 16.6. The third kappa shape index (κ3) is 11.9. The van der Waals surface area contributed by atoms with Crippen LogP contribution in [-0.4, -0.2) is 86.5 Å². The highest BCUT2D eigenvalue weighted by Gasteiger charge is 2.31. The number of carbonyl (C=O) groups excluding carboxylic acids is 5. The summed E-state index contributed by atoms with van der Waals surface area (Å²) in [5.41, 5.74) is 0.204. The first-order valence-corrected chi connectivity index (χ1v) is 15.9. The molecule has 1 saturated heterocycles. The van der Waals surface area contributed by atoms with Gasteiger partial charge in [-0.15, -0.1) is 5.10 Å². The molecule has 0 saturated carbocycles. The zero-order valence-corrected chi connectivity index (χ0v) is 27.7. The van der Waals surface area contributed by atoms with Gasteiger partial charge >= 0.3 is 5.97 Å². The second kappa shape index (κ2) is 16.8. The number of Topliss-reactive ketones (excluding diaryl/α,β-unsaturated/α-hetero) is 1. The molecule has 1 aliphatic heterocycles. The van der Waals surface area contributed by atoms with E-state index < -0.39 is 53.7 Å². The van der Waals surface area contributed by atoms with Crippen LogP contribution in [-0.2, 0) is 41.7 Å². The monoisotopic (exact) mass is 640 g/mol. The fourth-order valence-electron chi connectivity index (χ4n) is 4.92. The molecular formula is C32H48N8O6. The number of hydrogen-bond donors (Lipinski definition) is 3. The van der Waals surface area contributed by atoms with Crippen molar-refractivity contribution in [3.05, 3.63) is 35.9 Å². The highest BCUT2D eigenvalue weighted by molar-refractivity contribution is 5.95. The van der Waals surface area contributed by atoms with Crippen LogP contribution in [0.2, 0.25) is 0 Å². The van der Waals surface area contributed by atoms with E-state index >= 15 is 0 Å². The lowest BCUT2D eigenvalue weighted by Crippen LogP contribution is -2.56. The number of esters is 1. The highest BCUT2D eigenvalue weighted by Crippen LogP contribution is 2.15. The maximum absolute atomic E-state index is 13.4. The summed E-state index contributed by atoms with van der Waals surface area (Å²) in [6, 6.07) is 6.30. The number of nitrogens with zero attached hydrogens (tertiary/aromatic N) is 5. The van der Waals surface area contributed by atoms with Crippen LogP contribution in [0.3, 0.4) is 0 Å². The minimum Gasteiger partial charge on any atom is -0.460 e. The minimum atomic E-state index is -1.27. The van der Waals surface area contributed by atoms with Crippen molar-refractivity contribution in [2.45, 2.75) is 110 Å². The van der Waals surface area contributed by atoms with E-state index in [1.165, 1.54) is 6.92 Å². The molecule has 2 aromatic rings. The summed E-state index contributed by atoms with van der Waals surface area (Å²) in [6.07, 6.45) is 3.47. The van der Waals surface area contributed by atoms with Gasteiger partial charge in [-0.2, -0.15) is 4.80 Å². The van der Waals surface area contributed by atoms with Crippen molar-refractivity contribution in [1.82, 2.24) is 36.2 Å². The first-order valence-electron chi connectivity index (χ1n) is 15.9. The molecule has 3 amide bonds. The van der Waals surface area contributed by atoms with Crippen LogP contribution in [0.1, 0.15) is 79.2 Å². The number of amides is 3. The van der Waals surface area contributed by atoms with Gasteiger partial charge in [0.1, 0.15) is 30.3 Å². The summed E-state index contributed by atoms with van der Waals surface area (Å²) in [5, 5.41) is 20.3. The predicted octanol–water partition coefficient (Wildman–Crippen LogP) is 1.73. The number of nitrogens with one attached hydrogen (secondary N) is 3. The fraction of sp³-hybridized carbons (Fsp3) is 0.625. The molecule has 2 heterocycles. The molecule has 0 spiro atoms. The van der Waals surface area contributed by atoms with Crippen LogP contribution >= 0.6 is 0 Å². The Labute approximate surface area is 270 Å². The Morgan fingerprint density at radius 3 is 2.22 bits per heavy atom. The number of ether oxygens (including phenoxy) is 1. The minimum absolute atomic E-state index is 0.200. The van der Waals surface area contributed by atoms with E-state index in [-0.39, 0.29) is 24.8 Å². The largest absolute Gasteiger partial charge is 0.460 e. The number of anilines is 1. The van der Waals surface area contributed by atoms with Crippen molar-refractivity contribution in [2.75, 3.05) is 18.0 Å². The van der Waals surface area contributed by atoms with Crippen LogP contribution in [0.5, 0.6) is 0 Å². The number of hydrogen-bond acceptors (Lipinski definition) is 10. The molecule has 1 fully saturated rings. The SMILES string of the molecule is CC(C)[C@H](NC(=O)CCc1ccccc1)C(=O)N[C@@H](C)C(=O)NC(CC(=O)OC(C)(C)C)C(=O)Cn1nnc(N2CCCCC2)n1. The summed E-state index contributed by atoms with van der Waals surface area (Å²) in [4.78, 5) is 68.2. The maximum Gasteiger partial charge on any atom is 0.308 e. The number of rotatable bonds is 15. The van der Waals surface area contributed by atoms with Gasteiger partial charge in [0.15, 0.2) is 5.78 Å². The zero-order valence-electron chi connectivity index (χ0n) is 27.7. The van der Waals surface area contributed by atoms with Gasteiger partial charge in [0.05, 0.1) is 6.42 Å². The summed E-state index contributed by atoms with van der Waals surface area (Å²) < 4.78 is 5.39. The molecule has 1 aromatic carbocycles. The van der Waals surface area contributed by atoms with Gasteiger partial charge in [-0.05, 0) is 70.1 Å². The Balaban J connectivity index is 1.62. The van der Waals surface area contributed by atoms with Crippen LogP contribution in [0, 0.1) is 5.92 Å². The normalized spacial score (nSPS) is 15.4. The van der Waals surface area contributed by atoms with Gasteiger partial charge in [-0.1, -0.05) is 49.3 Å². The van der Waals surface area contributed by atoms with E-state index in [9.17, 15) is 24.0 Å². The predicted molar refractivity (Wildman–Crippen MR) is 170 cm³/mol. The average Bonchev–Trinajstić information content (AvgIpc) is 3.46. The summed E-state index contributed by atoms with van der Waals surface area (Å²) >= 11 is 0. The van der Waals surface area contributed by atoms with Crippen molar-refractivity contribution in [3.63, 3.8) is 0 Å². The number of tetrazole rings is 1. The lowest BCUT2D eigenvalue weighted by atomic mass is 10.0. The molecule has 3 N–H and O–H groups in total. The molecule has 1 unspecified atom stereocenters. The van der Waals surface area contributed by atoms with Crippen LogP contribution in [0.25, 0.3) is 0 Å². The second-order valence-electron chi connectivity index (χ2n) is 13.0. The number of aromatic nitrogens is 4. The van der Waals surface area contributed by atoms with Crippen LogP contribution in [0.4, 0.5) is 5.95 Å². The molecule has 0 bridgehead atoms. The van der Waals surface area contributed by atoms with E-state index in [4.69, 9.17) is 4.74 Å². The molecule has 1 aromatic heterocycles. The Hall–Kier alpha value is -4.36. The van der Waals surface area contributed by atoms with E-state index in [0.29, 0.717) is 12.4 Å². The third-order valence-corrected chi connectivity index (χ3v) is 7.38. The summed E-state index contributed by atoms with van der Waals surface area (Å²) in [7, 11) is 0. The lowest BCUT2D eigenvalue weighted by Gasteiger charge is -2.25. The molecule has 14 nitrogen and oxygen atoms in total. The number of piperidine rings is 1. The van der Waals surface area contributed by atoms with E-state index in [1.807, 2.05) is 35.2 Å². The van der Waals surface area contributed by atoms with Crippen molar-refractivity contribution in [2.24, 2.45) is 5.92 Å². The van der Waals surface area contributed by atoms with Gasteiger partial charge in [0.25, 0.3) is 5.95 Å². The maximum atomic E-state index is 13.4.